The Hall–Kier alpha value is -3.26. The monoisotopic (exact) mass is 434 g/mol. The van der Waals surface area contributed by atoms with E-state index in [0.29, 0.717) is 18.5 Å². The molecule has 1 saturated heterocycles. The van der Waals surface area contributed by atoms with E-state index in [-0.39, 0.29) is 11.6 Å². The lowest BCUT2D eigenvalue weighted by atomic mass is 10.1. The summed E-state index contributed by atoms with van der Waals surface area (Å²) in [5.74, 6) is -0.425. The molecule has 1 aromatic carbocycles. The Labute approximate surface area is 188 Å². The summed E-state index contributed by atoms with van der Waals surface area (Å²) in [5.41, 5.74) is 11.4. The van der Waals surface area contributed by atoms with E-state index in [1.165, 1.54) is 11.1 Å². The van der Waals surface area contributed by atoms with Crippen LogP contribution in [0.4, 0.5) is 0 Å². The van der Waals surface area contributed by atoms with Crippen LogP contribution >= 0.6 is 0 Å². The van der Waals surface area contributed by atoms with Crippen molar-refractivity contribution in [1.82, 2.24) is 24.2 Å². The van der Waals surface area contributed by atoms with Crippen molar-refractivity contribution in [2.24, 2.45) is 5.73 Å². The molecule has 8 nitrogen and oxygen atoms in total. The number of carbonyl (C=O) groups is 2. The van der Waals surface area contributed by atoms with Crippen LogP contribution < -0.4 is 5.73 Å². The summed E-state index contributed by atoms with van der Waals surface area (Å²) in [7, 11) is 0. The SMILES string of the molecule is Cc1ccccc1CN1CCN(C(=O)CCc2c(C)nc3c(C(N)=O)ncn3c2C)CC1. The summed E-state index contributed by atoms with van der Waals surface area (Å²) >= 11 is 0. The van der Waals surface area contributed by atoms with Crippen molar-refractivity contribution in [1.29, 1.82) is 0 Å². The smallest absolute Gasteiger partial charge is 0.271 e. The fourth-order valence-electron chi connectivity index (χ4n) is 4.44. The van der Waals surface area contributed by atoms with Gasteiger partial charge in [-0.25, -0.2) is 9.97 Å². The number of primary amides is 1. The molecule has 3 heterocycles. The zero-order valence-corrected chi connectivity index (χ0v) is 19.0. The lowest BCUT2D eigenvalue weighted by molar-refractivity contribution is -0.133. The summed E-state index contributed by atoms with van der Waals surface area (Å²) in [6, 6.07) is 8.46. The van der Waals surface area contributed by atoms with Gasteiger partial charge in [-0.1, -0.05) is 24.3 Å². The number of piperazine rings is 1. The highest BCUT2D eigenvalue weighted by molar-refractivity contribution is 5.96. The number of hydrogen-bond donors (Lipinski definition) is 1. The third kappa shape index (κ3) is 4.36. The molecule has 0 radical (unpaired) electrons. The van der Waals surface area contributed by atoms with Crippen LogP contribution in [0.25, 0.3) is 5.65 Å². The Balaban J connectivity index is 1.36. The van der Waals surface area contributed by atoms with Crippen LogP contribution in [-0.2, 0) is 17.8 Å². The first-order valence-corrected chi connectivity index (χ1v) is 11.0. The Kier molecular flexibility index (Phi) is 6.23. The van der Waals surface area contributed by atoms with E-state index in [1.807, 2.05) is 18.7 Å². The number of fused-ring (bicyclic) bond motifs is 1. The number of benzene rings is 1. The number of carbonyl (C=O) groups excluding carboxylic acids is 2. The summed E-state index contributed by atoms with van der Waals surface area (Å²) in [4.78, 5) is 37.4. The summed E-state index contributed by atoms with van der Waals surface area (Å²) in [6.45, 7) is 10.2. The molecule has 2 aromatic heterocycles. The molecule has 3 aromatic rings. The number of nitrogens with zero attached hydrogens (tertiary/aromatic N) is 5. The van der Waals surface area contributed by atoms with Crippen molar-refractivity contribution < 1.29 is 9.59 Å². The zero-order valence-electron chi connectivity index (χ0n) is 19.0. The highest BCUT2D eigenvalue weighted by atomic mass is 16.2. The molecule has 1 fully saturated rings. The highest BCUT2D eigenvalue weighted by Gasteiger charge is 2.22. The molecule has 1 aliphatic rings. The number of amides is 2. The topological polar surface area (TPSA) is 96.8 Å². The number of hydrogen-bond acceptors (Lipinski definition) is 5. The van der Waals surface area contributed by atoms with E-state index >= 15 is 0 Å². The third-order valence-corrected chi connectivity index (χ3v) is 6.45. The quantitative estimate of drug-likeness (QED) is 0.640. The minimum absolute atomic E-state index is 0.169. The van der Waals surface area contributed by atoms with Gasteiger partial charge in [-0.3, -0.25) is 18.9 Å². The molecule has 2 N–H and O–H groups in total. The first-order chi connectivity index (χ1) is 15.3. The van der Waals surface area contributed by atoms with Gasteiger partial charge in [0.2, 0.25) is 5.91 Å². The molecular weight excluding hydrogens is 404 g/mol. The van der Waals surface area contributed by atoms with E-state index in [9.17, 15) is 9.59 Å². The van der Waals surface area contributed by atoms with Crippen molar-refractivity contribution in [2.75, 3.05) is 26.2 Å². The minimum Gasteiger partial charge on any atom is -0.364 e. The molecular formula is C24H30N6O2. The molecule has 0 saturated carbocycles. The van der Waals surface area contributed by atoms with E-state index in [1.54, 1.807) is 10.7 Å². The first-order valence-electron chi connectivity index (χ1n) is 11.0. The van der Waals surface area contributed by atoms with Crippen LogP contribution in [0.3, 0.4) is 0 Å². The summed E-state index contributed by atoms with van der Waals surface area (Å²) in [6.07, 6.45) is 2.60. The van der Waals surface area contributed by atoms with Crippen molar-refractivity contribution in [3.05, 3.63) is 64.4 Å². The summed E-state index contributed by atoms with van der Waals surface area (Å²) in [5, 5.41) is 0. The maximum absolute atomic E-state index is 12.9. The van der Waals surface area contributed by atoms with Crippen LogP contribution in [0.15, 0.2) is 30.6 Å². The van der Waals surface area contributed by atoms with Crippen LogP contribution in [0, 0.1) is 20.8 Å². The summed E-state index contributed by atoms with van der Waals surface area (Å²) < 4.78 is 1.78. The predicted octanol–water partition coefficient (Wildman–Crippen LogP) is 2.03. The van der Waals surface area contributed by atoms with Crippen LogP contribution in [0.2, 0.25) is 0 Å². The minimum atomic E-state index is -0.594. The maximum Gasteiger partial charge on any atom is 0.271 e. The van der Waals surface area contributed by atoms with E-state index in [4.69, 9.17) is 5.73 Å². The molecule has 0 bridgehead atoms. The van der Waals surface area contributed by atoms with Gasteiger partial charge in [-0.15, -0.1) is 0 Å². The van der Waals surface area contributed by atoms with Gasteiger partial charge >= 0.3 is 0 Å². The molecule has 0 unspecified atom stereocenters. The van der Waals surface area contributed by atoms with E-state index < -0.39 is 5.91 Å². The molecule has 32 heavy (non-hydrogen) atoms. The molecule has 0 atom stereocenters. The fraction of sp³-hybridized carbons (Fsp3) is 0.417. The second kappa shape index (κ2) is 9.08. The average molecular weight is 435 g/mol. The highest BCUT2D eigenvalue weighted by Crippen LogP contribution is 2.19. The molecule has 0 aliphatic carbocycles. The Morgan fingerprint density at radius 2 is 1.78 bits per heavy atom. The third-order valence-electron chi connectivity index (χ3n) is 6.45. The van der Waals surface area contributed by atoms with Crippen molar-refractivity contribution >= 4 is 17.5 Å². The zero-order chi connectivity index (χ0) is 22.8. The van der Waals surface area contributed by atoms with Crippen LogP contribution in [0.1, 0.15) is 45.0 Å². The second-order valence-electron chi connectivity index (χ2n) is 8.50. The second-order valence-corrected chi connectivity index (χ2v) is 8.50. The number of aryl methyl sites for hydroxylation is 3. The van der Waals surface area contributed by atoms with Gasteiger partial charge in [-0.05, 0) is 43.9 Å². The lowest BCUT2D eigenvalue weighted by Crippen LogP contribution is -2.48. The van der Waals surface area contributed by atoms with Gasteiger partial charge in [0.1, 0.15) is 6.33 Å². The van der Waals surface area contributed by atoms with E-state index in [0.717, 1.165) is 49.7 Å². The molecule has 2 amide bonds. The lowest BCUT2D eigenvalue weighted by Gasteiger charge is -2.35. The van der Waals surface area contributed by atoms with Crippen LogP contribution in [0.5, 0.6) is 0 Å². The fourth-order valence-corrected chi connectivity index (χ4v) is 4.44. The van der Waals surface area contributed by atoms with Gasteiger partial charge in [-0.2, -0.15) is 0 Å². The number of nitrogens with two attached hydrogens (primary N) is 1. The van der Waals surface area contributed by atoms with Crippen LogP contribution in [-0.4, -0.2) is 62.2 Å². The maximum atomic E-state index is 12.9. The molecule has 168 valence electrons. The normalized spacial score (nSPS) is 14.8. The van der Waals surface area contributed by atoms with E-state index in [2.05, 4.69) is 46.1 Å². The molecule has 1 aliphatic heterocycles. The molecule has 0 spiro atoms. The Morgan fingerprint density at radius 1 is 1.06 bits per heavy atom. The van der Waals surface area contributed by atoms with Gasteiger partial charge < -0.3 is 10.6 Å². The van der Waals surface area contributed by atoms with Crippen molar-refractivity contribution in [3.8, 4) is 0 Å². The average Bonchev–Trinajstić information content (AvgIpc) is 3.20. The molecule has 4 rings (SSSR count). The predicted molar refractivity (Wildman–Crippen MR) is 122 cm³/mol. The number of aromatic nitrogens is 3. The largest absolute Gasteiger partial charge is 0.364 e. The Morgan fingerprint density at radius 3 is 2.47 bits per heavy atom. The Bertz CT molecular complexity index is 1160. The van der Waals surface area contributed by atoms with Gasteiger partial charge in [0.25, 0.3) is 5.91 Å². The van der Waals surface area contributed by atoms with Gasteiger partial charge in [0, 0.05) is 50.5 Å². The van der Waals surface area contributed by atoms with Gasteiger partial charge in [0.05, 0.1) is 0 Å². The first kappa shape index (κ1) is 22.0. The van der Waals surface area contributed by atoms with Crippen molar-refractivity contribution in [3.63, 3.8) is 0 Å². The van der Waals surface area contributed by atoms with Crippen molar-refractivity contribution in [2.45, 2.75) is 40.2 Å². The van der Waals surface area contributed by atoms with Gasteiger partial charge in [0.15, 0.2) is 11.3 Å². The standard InChI is InChI=1S/C24H30N6O2/c1-16-6-4-5-7-19(16)14-28-10-12-29(13-11-28)21(31)9-8-20-17(2)27-24-22(23(25)32)26-15-30(24)18(20)3/h4-7,15H,8-14H2,1-3H3,(H2,25,32). The molecule has 8 heteroatoms. The number of rotatable bonds is 6. The number of imidazole rings is 1.